The molecule has 9 nitrogen and oxygen atoms in total. The summed E-state index contributed by atoms with van der Waals surface area (Å²) in [6, 6.07) is 3.89. The van der Waals surface area contributed by atoms with Crippen molar-refractivity contribution in [2.24, 2.45) is 0 Å². The molecule has 0 heterocycles. The number of amides is 1. The summed E-state index contributed by atoms with van der Waals surface area (Å²) in [6.45, 7) is 8.96. The highest BCUT2D eigenvalue weighted by Gasteiger charge is 2.38. The molecule has 0 fully saturated rings. The molecule has 0 spiro atoms. The minimum Gasteiger partial charge on any atom is -0.475 e. The molecule has 1 amide bonds. The number of aryl methyl sites for hydroxylation is 1. The Balaban J connectivity index is 0.00000189. The number of carboxylic acid groups (broad SMARTS) is 1. The molecule has 0 aliphatic heterocycles. The van der Waals surface area contributed by atoms with E-state index in [2.05, 4.69) is 23.8 Å². The van der Waals surface area contributed by atoms with E-state index in [0.29, 0.717) is 49.3 Å². The third-order valence-electron chi connectivity index (χ3n) is 8.05. The molecular formula is C36H47F8N3O6S. The molecule has 0 radical (unpaired) electrons. The number of rotatable bonds is 21. The zero-order valence-corrected chi connectivity index (χ0v) is 30.8. The molecule has 2 aromatic carbocycles. The fraction of sp³-hybridized carbons (Fsp3) is 0.500. The summed E-state index contributed by atoms with van der Waals surface area (Å²) in [5, 5.41) is 23.9. The van der Waals surface area contributed by atoms with Crippen LogP contribution >= 0.6 is 0 Å². The van der Waals surface area contributed by atoms with E-state index in [1.165, 1.54) is 19.2 Å². The number of hydrogen-bond donors (Lipinski definition) is 4. The summed E-state index contributed by atoms with van der Waals surface area (Å²) in [4.78, 5) is 22.4. The number of nitrogens with zero attached hydrogens (tertiary/aromatic N) is 1. The lowest BCUT2D eigenvalue weighted by Crippen LogP contribution is -2.55. The monoisotopic (exact) mass is 801 g/mol. The van der Waals surface area contributed by atoms with Gasteiger partial charge in [-0.15, -0.1) is 13.2 Å². The molecule has 0 aliphatic carbocycles. The third kappa shape index (κ3) is 17.1. The third-order valence-corrected chi connectivity index (χ3v) is 9.98. The lowest BCUT2D eigenvalue weighted by molar-refractivity contribution is -0.192. The topological polar surface area (TPSA) is 136 Å². The van der Waals surface area contributed by atoms with Gasteiger partial charge in [0.05, 0.1) is 23.5 Å². The van der Waals surface area contributed by atoms with Gasteiger partial charge in [0.1, 0.15) is 17.7 Å². The van der Waals surface area contributed by atoms with Gasteiger partial charge in [0, 0.05) is 26.2 Å². The maximum absolute atomic E-state index is 14.0. The molecule has 3 atom stereocenters. The predicted octanol–water partition coefficient (Wildman–Crippen LogP) is 6.70. The summed E-state index contributed by atoms with van der Waals surface area (Å²) in [5.74, 6) is -5.41. The number of alkyl halides is 6. The molecule has 18 heteroatoms. The second-order valence-corrected chi connectivity index (χ2v) is 14.5. The first-order valence-corrected chi connectivity index (χ1v) is 18.5. The number of aliphatic hydroxyl groups excluding tert-OH is 1. The summed E-state index contributed by atoms with van der Waals surface area (Å²) >= 11 is 0. The van der Waals surface area contributed by atoms with Gasteiger partial charge in [0.25, 0.3) is 0 Å². The number of unbranched alkanes of at least 4 members (excludes halogenated alkanes) is 3. The van der Waals surface area contributed by atoms with Crippen molar-refractivity contribution >= 4 is 21.9 Å². The number of sulfonamides is 1. The molecule has 2 aromatic rings. The highest BCUT2D eigenvalue weighted by Crippen LogP contribution is 2.31. The van der Waals surface area contributed by atoms with Crippen molar-refractivity contribution in [3.8, 4) is 0 Å². The fourth-order valence-corrected chi connectivity index (χ4v) is 6.57. The van der Waals surface area contributed by atoms with Crippen molar-refractivity contribution in [3.63, 3.8) is 0 Å². The van der Waals surface area contributed by atoms with Crippen LogP contribution in [-0.4, -0.2) is 78.5 Å². The predicted molar refractivity (Wildman–Crippen MR) is 188 cm³/mol. The lowest BCUT2D eigenvalue weighted by atomic mass is 9.98. The first-order valence-electron chi connectivity index (χ1n) is 16.9. The van der Waals surface area contributed by atoms with E-state index in [1.54, 1.807) is 6.08 Å². The number of carboxylic acids is 1. The van der Waals surface area contributed by atoms with E-state index >= 15 is 0 Å². The molecule has 0 aliphatic rings. The van der Waals surface area contributed by atoms with Gasteiger partial charge in [-0.25, -0.2) is 22.0 Å². The summed E-state index contributed by atoms with van der Waals surface area (Å²) < 4.78 is 127. The molecule has 0 aromatic heterocycles. The van der Waals surface area contributed by atoms with Gasteiger partial charge >= 0.3 is 18.3 Å². The Labute approximate surface area is 310 Å². The van der Waals surface area contributed by atoms with Gasteiger partial charge in [0.2, 0.25) is 15.9 Å². The molecule has 0 bridgehead atoms. The van der Waals surface area contributed by atoms with Gasteiger partial charge < -0.3 is 20.8 Å². The Morgan fingerprint density at radius 1 is 0.944 bits per heavy atom. The van der Waals surface area contributed by atoms with Gasteiger partial charge in [0.15, 0.2) is 0 Å². The zero-order chi connectivity index (χ0) is 41.3. The van der Waals surface area contributed by atoms with Gasteiger partial charge in [-0.2, -0.15) is 30.6 Å². The van der Waals surface area contributed by atoms with Crippen LogP contribution in [0, 0.1) is 11.6 Å². The smallest absolute Gasteiger partial charge is 0.475 e. The van der Waals surface area contributed by atoms with Crippen LogP contribution in [0.3, 0.4) is 0 Å². The Hall–Kier alpha value is -3.87. The molecule has 2 rings (SSSR count). The molecule has 54 heavy (non-hydrogen) atoms. The van der Waals surface area contributed by atoms with Crippen LogP contribution in [0.4, 0.5) is 35.1 Å². The normalized spacial score (nSPS) is 13.7. The standard InChI is InChI=1S/C34H46F5N3O4S.C2HF3O2/c1-5-8-10-13-25-14-15-27(34(37,38)39)20-26(25)22-40-23-32(43)30(19-24-17-28(35)21-29(36)18-24)41-33(44)31(12-7-3)42(4)47(45,46)16-11-9-6-2;3-2(4,5)1(6)7/h5,7,14-15,17-18,20-21,30-32,40,43H,1,3,6,8-13,16,19,22-23H2,2,4H3,(H,41,44);(H,6,7)/t30-,31-,32+;/m0./s1. The minimum absolute atomic E-state index is 0.0442. The van der Waals surface area contributed by atoms with Gasteiger partial charge in [-0.05, 0) is 79.5 Å². The van der Waals surface area contributed by atoms with E-state index in [1.807, 2.05) is 6.92 Å². The van der Waals surface area contributed by atoms with E-state index in [0.717, 1.165) is 35.0 Å². The molecule has 304 valence electrons. The second-order valence-electron chi connectivity index (χ2n) is 12.3. The van der Waals surface area contributed by atoms with E-state index in [4.69, 9.17) is 9.90 Å². The van der Waals surface area contributed by atoms with Crippen molar-refractivity contribution in [1.82, 2.24) is 14.9 Å². The van der Waals surface area contributed by atoms with Crippen LogP contribution in [0.15, 0.2) is 61.7 Å². The van der Waals surface area contributed by atoms with Crippen LogP contribution < -0.4 is 10.6 Å². The van der Waals surface area contributed by atoms with Gasteiger partial charge in [-0.3, -0.25) is 4.79 Å². The highest BCUT2D eigenvalue weighted by atomic mass is 32.2. The first-order chi connectivity index (χ1) is 25.1. The average molecular weight is 802 g/mol. The Morgan fingerprint density at radius 3 is 2.07 bits per heavy atom. The van der Waals surface area contributed by atoms with E-state index in [9.17, 15) is 53.4 Å². The molecule has 0 unspecified atom stereocenters. The van der Waals surface area contributed by atoms with E-state index < -0.39 is 69.6 Å². The Kier molecular flexibility index (Phi) is 20.1. The molecule has 0 saturated heterocycles. The summed E-state index contributed by atoms with van der Waals surface area (Å²) in [6.07, 6.45) is -4.44. The number of halogens is 8. The zero-order valence-electron chi connectivity index (χ0n) is 29.9. The number of hydrogen-bond acceptors (Lipinski definition) is 6. The van der Waals surface area contributed by atoms with Crippen molar-refractivity contribution in [2.45, 2.75) is 95.4 Å². The summed E-state index contributed by atoms with van der Waals surface area (Å²) in [5.41, 5.74) is 0.375. The number of aliphatic hydroxyl groups is 1. The highest BCUT2D eigenvalue weighted by molar-refractivity contribution is 7.89. The molecule has 0 saturated carbocycles. The maximum atomic E-state index is 14.0. The number of carbonyl (C=O) groups is 2. The largest absolute Gasteiger partial charge is 0.490 e. The van der Waals surface area contributed by atoms with Crippen LogP contribution in [0.5, 0.6) is 0 Å². The number of benzene rings is 2. The van der Waals surface area contributed by atoms with Crippen LogP contribution in [0.1, 0.15) is 67.7 Å². The number of aliphatic carboxylic acids is 1. The second kappa shape index (κ2) is 22.5. The number of nitrogens with one attached hydrogen (secondary N) is 2. The Bertz CT molecular complexity index is 1620. The van der Waals surface area contributed by atoms with Crippen molar-refractivity contribution in [1.29, 1.82) is 0 Å². The van der Waals surface area contributed by atoms with Crippen molar-refractivity contribution < 1.29 is 63.3 Å². The quantitative estimate of drug-likeness (QED) is 0.0627. The average Bonchev–Trinajstić information content (AvgIpc) is 3.06. The SMILES string of the molecule is C=CCCCc1ccc(C(F)(F)F)cc1CNC[C@@H](O)[C@H](Cc1cc(F)cc(F)c1)NC(=O)[C@H](CC=C)N(C)S(=O)(=O)CCCCC.O=C(O)C(F)(F)F. The fourth-order valence-electron chi connectivity index (χ4n) is 5.14. The molecular weight excluding hydrogens is 754 g/mol. The van der Waals surface area contributed by atoms with Crippen LogP contribution in [-0.2, 0) is 45.2 Å². The van der Waals surface area contributed by atoms with Crippen molar-refractivity contribution in [3.05, 3.63) is 95.6 Å². The first kappa shape index (κ1) is 48.1. The van der Waals surface area contributed by atoms with Gasteiger partial charge in [-0.1, -0.05) is 38.0 Å². The molecule has 4 N–H and O–H groups in total. The number of likely N-dealkylation sites (N-methyl/N-ethyl adjacent to an activating group) is 1. The summed E-state index contributed by atoms with van der Waals surface area (Å²) in [7, 11) is -2.55. The lowest BCUT2D eigenvalue weighted by Gasteiger charge is -2.30. The van der Waals surface area contributed by atoms with Crippen LogP contribution in [0.2, 0.25) is 0 Å². The minimum atomic E-state index is -5.08. The van der Waals surface area contributed by atoms with Crippen molar-refractivity contribution in [2.75, 3.05) is 19.3 Å². The number of allylic oxidation sites excluding steroid dienone is 1. The Morgan fingerprint density at radius 2 is 1.56 bits per heavy atom. The van der Waals surface area contributed by atoms with Crippen LogP contribution in [0.25, 0.3) is 0 Å². The van der Waals surface area contributed by atoms with E-state index in [-0.39, 0.29) is 37.2 Å². The number of carbonyl (C=O) groups excluding carboxylic acids is 1. The maximum Gasteiger partial charge on any atom is 0.490 e.